The highest BCUT2D eigenvalue weighted by atomic mass is 16.3. The van der Waals surface area contributed by atoms with Crippen molar-refractivity contribution in [2.75, 3.05) is 0 Å². The Balaban J connectivity index is 2.08. The van der Waals surface area contributed by atoms with Crippen LogP contribution in [0.15, 0.2) is 30.3 Å². The highest BCUT2D eigenvalue weighted by Crippen LogP contribution is 2.43. The van der Waals surface area contributed by atoms with Gasteiger partial charge in [0.15, 0.2) is 0 Å². The van der Waals surface area contributed by atoms with Crippen molar-refractivity contribution in [1.29, 1.82) is 0 Å². The van der Waals surface area contributed by atoms with Crippen LogP contribution in [0.3, 0.4) is 0 Å². The molecule has 0 saturated heterocycles. The summed E-state index contributed by atoms with van der Waals surface area (Å²) in [7, 11) is 0. The normalized spacial score (nSPS) is 20.6. The maximum absolute atomic E-state index is 9.44. The maximum atomic E-state index is 9.44. The minimum atomic E-state index is -0.151. The molecule has 1 aliphatic carbocycles. The molecule has 1 N–H and O–H groups in total. The lowest BCUT2D eigenvalue weighted by Crippen LogP contribution is -2.29. The lowest BCUT2D eigenvalue weighted by molar-refractivity contribution is 0.171. The Kier molecular flexibility index (Phi) is 4.82. The highest BCUT2D eigenvalue weighted by Gasteiger charge is 2.32. The minimum Gasteiger partial charge on any atom is -0.393 e. The van der Waals surface area contributed by atoms with Gasteiger partial charge in [-0.05, 0) is 43.6 Å². The summed E-state index contributed by atoms with van der Waals surface area (Å²) in [4.78, 5) is 0. The molecule has 0 aliphatic heterocycles. The third-order valence-electron chi connectivity index (χ3n) is 4.47. The van der Waals surface area contributed by atoms with Gasteiger partial charge in [0, 0.05) is 0 Å². The van der Waals surface area contributed by atoms with Crippen LogP contribution in [0, 0.1) is 0 Å². The molecule has 1 aromatic carbocycles. The molecular weight excluding hydrogens is 220 g/mol. The van der Waals surface area contributed by atoms with Crippen molar-refractivity contribution in [3.05, 3.63) is 35.9 Å². The van der Waals surface area contributed by atoms with Crippen molar-refractivity contribution >= 4 is 0 Å². The molecule has 18 heavy (non-hydrogen) atoms. The minimum absolute atomic E-state index is 0.151. The van der Waals surface area contributed by atoms with Gasteiger partial charge in [-0.15, -0.1) is 0 Å². The van der Waals surface area contributed by atoms with Crippen LogP contribution in [0.1, 0.15) is 63.9 Å². The lowest BCUT2D eigenvalue weighted by atomic mass is 9.66. The van der Waals surface area contributed by atoms with E-state index in [1.54, 1.807) is 0 Å². The van der Waals surface area contributed by atoms with Crippen molar-refractivity contribution in [3.63, 3.8) is 0 Å². The molecule has 0 amide bonds. The number of hydrogen-bond acceptors (Lipinski definition) is 1. The van der Waals surface area contributed by atoms with Gasteiger partial charge in [0.2, 0.25) is 0 Å². The van der Waals surface area contributed by atoms with E-state index in [4.69, 9.17) is 0 Å². The molecule has 0 heterocycles. The van der Waals surface area contributed by atoms with E-state index in [0.717, 1.165) is 12.8 Å². The van der Waals surface area contributed by atoms with Crippen molar-refractivity contribution < 1.29 is 5.11 Å². The molecule has 0 spiro atoms. The van der Waals surface area contributed by atoms with Gasteiger partial charge >= 0.3 is 0 Å². The number of aliphatic hydroxyl groups excluding tert-OH is 1. The van der Waals surface area contributed by atoms with Crippen LogP contribution >= 0.6 is 0 Å². The van der Waals surface area contributed by atoms with Crippen LogP contribution in [0.4, 0.5) is 0 Å². The first kappa shape index (κ1) is 13.6. The molecule has 1 nitrogen and oxygen atoms in total. The summed E-state index contributed by atoms with van der Waals surface area (Å²) in [5.74, 6) is 0. The quantitative estimate of drug-likeness (QED) is 0.814. The predicted octanol–water partition coefficient (Wildman–Crippen LogP) is 4.44. The first-order valence-electron chi connectivity index (χ1n) is 7.47. The number of aliphatic hydroxyl groups is 1. The monoisotopic (exact) mass is 246 g/mol. The molecule has 1 aliphatic rings. The summed E-state index contributed by atoms with van der Waals surface area (Å²) in [5.41, 5.74) is 1.92. The smallest absolute Gasteiger partial charge is 0.0512 e. The van der Waals surface area contributed by atoms with Crippen LogP contribution in [0.5, 0.6) is 0 Å². The van der Waals surface area contributed by atoms with Crippen molar-refractivity contribution in [1.82, 2.24) is 0 Å². The van der Waals surface area contributed by atoms with Gasteiger partial charge in [-0.2, -0.15) is 0 Å². The Bertz CT molecular complexity index is 336. The Morgan fingerprint density at radius 3 is 2.39 bits per heavy atom. The lowest BCUT2D eigenvalue weighted by Gasteiger charge is -2.38. The molecule has 1 fully saturated rings. The van der Waals surface area contributed by atoms with E-state index in [0.29, 0.717) is 5.41 Å². The average Bonchev–Trinajstić information content (AvgIpc) is 2.40. The average molecular weight is 246 g/mol. The topological polar surface area (TPSA) is 20.2 Å². The Morgan fingerprint density at radius 1 is 1.11 bits per heavy atom. The zero-order chi connectivity index (χ0) is 12.8. The highest BCUT2D eigenvalue weighted by molar-refractivity contribution is 5.25. The number of hydrogen-bond donors (Lipinski definition) is 1. The fraction of sp³-hybridized carbons (Fsp3) is 0.647. The van der Waals surface area contributed by atoms with Crippen molar-refractivity contribution in [3.8, 4) is 0 Å². The van der Waals surface area contributed by atoms with E-state index < -0.39 is 0 Å². The predicted molar refractivity (Wildman–Crippen MR) is 76.7 cm³/mol. The third-order valence-corrected chi connectivity index (χ3v) is 4.47. The van der Waals surface area contributed by atoms with Gasteiger partial charge in [-0.1, -0.05) is 56.0 Å². The second-order valence-corrected chi connectivity index (χ2v) is 5.95. The van der Waals surface area contributed by atoms with Gasteiger partial charge in [0.25, 0.3) is 0 Å². The summed E-state index contributed by atoms with van der Waals surface area (Å²) < 4.78 is 0. The molecule has 1 saturated carbocycles. The van der Waals surface area contributed by atoms with Gasteiger partial charge in [-0.25, -0.2) is 0 Å². The van der Waals surface area contributed by atoms with Crippen LogP contribution in [-0.2, 0) is 5.41 Å². The fourth-order valence-electron chi connectivity index (χ4n) is 3.44. The van der Waals surface area contributed by atoms with Crippen LogP contribution in [0.25, 0.3) is 0 Å². The molecule has 0 aromatic heterocycles. The molecule has 1 unspecified atom stereocenters. The Morgan fingerprint density at radius 2 is 1.78 bits per heavy atom. The molecule has 0 bridgehead atoms. The van der Waals surface area contributed by atoms with Crippen molar-refractivity contribution in [2.24, 2.45) is 0 Å². The van der Waals surface area contributed by atoms with E-state index in [1.165, 1.54) is 44.1 Å². The molecule has 1 atom stereocenters. The van der Waals surface area contributed by atoms with Crippen molar-refractivity contribution in [2.45, 2.75) is 69.8 Å². The maximum Gasteiger partial charge on any atom is 0.0512 e. The van der Waals surface area contributed by atoms with Gasteiger partial charge < -0.3 is 5.11 Å². The van der Waals surface area contributed by atoms with Gasteiger partial charge in [-0.3, -0.25) is 0 Å². The SMILES string of the molecule is CC(O)CCCC1(c2ccccc2)CCCCC1. The molecular formula is C17H26O. The van der Waals surface area contributed by atoms with Gasteiger partial charge in [0.1, 0.15) is 0 Å². The number of rotatable bonds is 5. The van der Waals surface area contributed by atoms with Crippen LogP contribution in [-0.4, -0.2) is 11.2 Å². The van der Waals surface area contributed by atoms with E-state index in [-0.39, 0.29) is 6.10 Å². The summed E-state index contributed by atoms with van der Waals surface area (Å²) in [6, 6.07) is 11.0. The zero-order valence-corrected chi connectivity index (χ0v) is 11.6. The van der Waals surface area contributed by atoms with E-state index in [2.05, 4.69) is 30.3 Å². The molecule has 0 radical (unpaired) electrons. The second kappa shape index (κ2) is 6.38. The fourth-order valence-corrected chi connectivity index (χ4v) is 3.44. The molecule has 2 rings (SSSR count). The Labute approximate surface area is 111 Å². The summed E-state index contributed by atoms with van der Waals surface area (Å²) in [6.07, 6.45) is 9.95. The second-order valence-electron chi connectivity index (χ2n) is 5.95. The first-order valence-corrected chi connectivity index (χ1v) is 7.47. The third kappa shape index (κ3) is 3.35. The molecule has 1 aromatic rings. The molecule has 1 heteroatoms. The summed E-state index contributed by atoms with van der Waals surface area (Å²) >= 11 is 0. The van der Waals surface area contributed by atoms with E-state index in [1.807, 2.05) is 6.92 Å². The largest absolute Gasteiger partial charge is 0.393 e. The summed E-state index contributed by atoms with van der Waals surface area (Å²) in [5, 5.41) is 9.44. The summed E-state index contributed by atoms with van der Waals surface area (Å²) in [6.45, 7) is 1.90. The number of benzene rings is 1. The van der Waals surface area contributed by atoms with Crippen LogP contribution in [0.2, 0.25) is 0 Å². The first-order chi connectivity index (χ1) is 8.73. The van der Waals surface area contributed by atoms with E-state index in [9.17, 15) is 5.11 Å². The standard InChI is InChI=1S/C17H26O/c1-15(18)9-8-14-17(12-6-3-7-13-17)16-10-4-2-5-11-16/h2,4-5,10-11,15,18H,3,6-9,12-14H2,1H3. The van der Waals surface area contributed by atoms with E-state index >= 15 is 0 Å². The van der Waals surface area contributed by atoms with Gasteiger partial charge in [0.05, 0.1) is 6.10 Å². The molecule has 100 valence electrons. The Hall–Kier alpha value is -0.820. The zero-order valence-electron chi connectivity index (χ0n) is 11.6. The van der Waals surface area contributed by atoms with Crippen LogP contribution < -0.4 is 0 Å².